The molecular weight excluding hydrogens is 306 g/mol. The summed E-state index contributed by atoms with van der Waals surface area (Å²) >= 11 is 0. The van der Waals surface area contributed by atoms with Crippen molar-refractivity contribution >= 4 is 5.91 Å². The zero-order valence-electron chi connectivity index (χ0n) is 13.2. The van der Waals surface area contributed by atoms with Crippen molar-refractivity contribution in [3.8, 4) is 11.5 Å². The highest BCUT2D eigenvalue weighted by molar-refractivity contribution is 5.76. The largest absolute Gasteiger partial charge is 0.437 e. The van der Waals surface area contributed by atoms with Crippen LogP contribution in [0.4, 0.5) is 0 Å². The molecule has 0 fully saturated rings. The van der Waals surface area contributed by atoms with Crippen molar-refractivity contribution in [1.82, 2.24) is 15.1 Å². The van der Waals surface area contributed by atoms with Gasteiger partial charge in [0, 0.05) is 5.56 Å². The third-order valence-corrected chi connectivity index (χ3v) is 3.60. The van der Waals surface area contributed by atoms with Crippen LogP contribution in [0.15, 0.2) is 69.9 Å². The molecule has 1 amide bonds. The number of aromatic nitrogens is 2. The van der Waals surface area contributed by atoms with Gasteiger partial charge in [-0.05, 0) is 24.6 Å². The lowest BCUT2D eigenvalue weighted by Gasteiger charge is -2.13. The van der Waals surface area contributed by atoms with Crippen LogP contribution in [0.25, 0.3) is 11.5 Å². The highest BCUT2D eigenvalue weighted by atomic mass is 16.4. The Morgan fingerprint density at radius 3 is 2.42 bits per heavy atom. The van der Waals surface area contributed by atoms with Crippen LogP contribution in [0, 0.1) is 0 Å². The molecule has 0 spiro atoms. The van der Waals surface area contributed by atoms with E-state index in [-0.39, 0.29) is 24.4 Å². The monoisotopic (exact) mass is 323 g/mol. The van der Waals surface area contributed by atoms with Gasteiger partial charge in [-0.1, -0.05) is 48.5 Å². The van der Waals surface area contributed by atoms with Crippen LogP contribution in [0.1, 0.15) is 18.5 Å². The second-order valence-electron chi connectivity index (χ2n) is 5.40. The quantitative estimate of drug-likeness (QED) is 0.782. The summed E-state index contributed by atoms with van der Waals surface area (Å²) in [5.41, 5.74) is 1.68. The van der Waals surface area contributed by atoms with E-state index in [1.807, 2.05) is 55.5 Å². The standard InChI is InChI=1S/C18H17N3O3/c1-13(14-8-4-2-5-9-14)19-16(22)12-21-18(23)24-17(20-21)15-10-6-3-7-11-15/h2-11,13H,12H2,1H3,(H,19,22). The lowest BCUT2D eigenvalue weighted by Crippen LogP contribution is -2.33. The van der Waals surface area contributed by atoms with Gasteiger partial charge in [0.1, 0.15) is 6.54 Å². The summed E-state index contributed by atoms with van der Waals surface area (Å²) in [4.78, 5) is 24.0. The molecule has 1 atom stereocenters. The topological polar surface area (TPSA) is 77.1 Å². The zero-order valence-corrected chi connectivity index (χ0v) is 13.2. The van der Waals surface area contributed by atoms with Gasteiger partial charge in [-0.3, -0.25) is 4.79 Å². The maximum Gasteiger partial charge on any atom is 0.437 e. The number of carbonyl (C=O) groups is 1. The molecule has 0 radical (unpaired) electrons. The minimum absolute atomic E-state index is 0.158. The third kappa shape index (κ3) is 3.60. The summed E-state index contributed by atoms with van der Waals surface area (Å²) in [6, 6.07) is 18.5. The summed E-state index contributed by atoms with van der Waals surface area (Å²) in [6.07, 6.45) is 0. The van der Waals surface area contributed by atoms with Crippen LogP contribution in [-0.2, 0) is 11.3 Å². The molecule has 0 saturated carbocycles. The smallest absolute Gasteiger partial charge is 0.388 e. The lowest BCUT2D eigenvalue weighted by molar-refractivity contribution is -0.122. The highest BCUT2D eigenvalue weighted by Gasteiger charge is 2.15. The Balaban J connectivity index is 1.69. The SMILES string of the molecule is CC(NC(=O)Cn1nc(-c2ccccc2)oc1=O)c1ccccc1. The minimum Gasteiger partial charge on any atom is -0.388 e. The first-order chi connectivity index (χ1) is 11.6. The van der Waals surface area contributed by atoms with Crippen molar-refractivity contribution in [2.24, 2.45) is 0 Å². The van der Waals surface area contributed by atoms with Gasteiger partial charge in [-0.15, -0.1) is 5.10 Å². The summed E-state index contributed by atoms with van der Waals surface area (Å²) in [5, 5.41) is 6.92. The molecule has 0 aliphatic rings. The molecule has 1 heterocycles. The van der Waals surface area contributed by atoms with Gasteiger partial charge in [0.05, 0.1) is 6.04 Å². The van der Waals surface area contributed by atoms with Crippen LogP contribution < -0.4 is 11.1 Å². The molecule has 0 bridgehead atoms. The average molecular weight is 323 g/mol. The van der Waals surface area contributed by atoms with Crippen LogP contribution in [0.3, 0.4) is 0 Å². The molecule has 3 aromatic rings. The second-order valence-corrected chi connectivity index (χ2v) is 5.40. The van der Waals surface area contributed by atoms with E-state index >= 15 is 0 Å². The summed E-state index contributed by atoms with van der Waals surface area (Å²) in [7, 11) is 0. The number of hydrogen-bond donors (Lipinski definition) is 1. The minimum atomic E-state index is -0.656. The van der Waals surface area contributed by atoms with Crippen molar-refractivity contribution < 1.29 is 9.21 Å². The van der Waals surface area contributed by atoms with Gasteiger partial charge in [-0.25, -0.2) is 4.79 Å². The number of hydrogen-bond acceptors (Lipinski definition) is 4. The third-order valence-electron chi connectivity index (χ3n) is 3.60. The van der Waals surface area contributed by atoms with E-state index in [0.717, 1.165) is 10.2 Å². The fourth-order valence-corrected chi connectivity index (χ4v) is 2.35. The van der Waals surface area contributed by atoms with Gasteiger partial charge in [0.25, 0.3) is 0 Å². The highest BCUT2D eigenvalue weighted by Crippen LogP contribution is 2.14. The summed E-state index contributed by atoms with van der Waals surface area (Å²) in [5.74, 6) is -0.762. The predicted octanol–water partition coefficient (Wildman–Crippen LogP) is 2.38. The first-order valence-electron chi connectivity index (χ1n) is 7.61. The predicted molar refractivity (Wildman–Crippen MR) is 89.2 cm³/mol. The molecule has 1 aromatic heterocycles. The zero-order chi connectivity index (χ0) is 16.9. The average Bonchev–Trinajstić information content (AvgIpc) is 2.97. The molecule has 122 valence electrons. The van der Waals surface area contributed by atoms with Gasteiger partial charge >= 0.3 is 5.76 Å². The number of carbonyl (C=O) groups excluding carboxylic acids is 1. The number of nitrogens with zero attached hydrogens (tertiary/aromatic N) is 2. The Morgan fingerprint density at radius 2 is 1.75 bits per heavy atom. The Bertz CT molecular complexity index is 869. The molecule has 0 saturated heterocycles. The van der Waals surface area contributed by atoms with E-state index in [1.54, 1.807) is 12.1 Å². The Morgan fingerprint density at radius 1 is 1.12 bits per heavy atom. The maximum atomic E-state index is 12.1. The molecule has 1 unspecified atom stereocenters. The molecular formula is C18H17N3O3. The Labute approximate surface area is 138 Å². The van der Waals surface area contributed by atoms with Gasteiger partial charge in [0.15, 0.2) is 0 Å². The van der Waals surface area contributed by atoms with Crippen molar-refractivity contribution in [1.29, 1.82) is 0 Å². The number of rotatable bonds is 5. The fourth-order valence-electron chi connectivity index (χ4n) is 2.35. The first kappa shape index (κ1) is 15.7. The van der Waals surface area contributed by atoms with Crippen molar-refractivity contribution in [3.05, 3.63) is 76.8 Å². The molecule has 6 nitrogen and oxygen atoms in total. The lowest BCUT2D eigenvalue weighted by atomic mass is 10.1. The van der Waals surface area contributed by atoms with Crippen LogP contribution in [-0.4, -0.2) is 15.7 Å². The van der Waals surface area contributed by atoms with E-state index in [0.29, 0.717) is 5.56 Å². The molecule has 2 aromatic carbocycles. The Hall–Kier alpha value is -3.15. The Kier molecular flexibility index (Phi) is 4.56. The molecule has 6 heteroatoms. The van der Waals surface area contributed by atoms with E-state index in [1.165, 1.54) is 0 Å². The van der Waals surface area contributed by atoms with Crippen LogP contribution in [0.5, 0.6) is 0 Å². The molecule has 24 heavy (non-hydrogen) atoms. The van der Waals surface area contributed by atoms with Gasteiger partial charge < -0.3 is 9.73 Å². The number of nitrogens with one attached hydrogen (secondary N) is 1. The van der Waals surface area contributed by atoms with E-state index in [4.69, 9.17) is 4.42 Å². The van der Waals surface area contributed by atoms with Crippen molar-refractivity contribution in [3.63, 3.8) is 0 Å². The van der Waals surface area contributed by atoms with E-state index in [2.05, 4.69) is 10.4 Å². The molecule has 3 rings (SSSR count). The van der Waals surface area contributed by atoms with Gasteiger partial charge in [-0.2, -0.15) is 4.68 Å². The fraction of sp³-hybridized carbons (Fsp3) is 0.167. The summed E-state index contributed by atoms with van der Waals surface area (Å²) < 4.78 is 6.13. The van der Waals surface area contributed by atoms with Crippen molar-refractivity contribution in [2.45, 2.75) is 19.5 Å². The van der Waals surface area contributed by atoms with Gasteiger partial charge in [0.2, 0.25) is 11.8 Å². The molecule has 0 aliphatic heterocycles. The van der Waals surface area contributed by atoms with Crippen molar-refractivity contribution in [2.75, 3.05) is 0 Å². The number of benzene rings is 2. The second kappa shape index (κ2) is 6.95. The van der Waals surface area contributed by atoms with E-state index in [9.17, 15) is 9.59 Å². The van der Waals surface area contributed by atoms with E-state index < -0.39 is 5.76 Å². The first-order valence-corrected chi connectivity index (χ1v) is 7.61. The van der Waals surface area contributed by atoms with Crippen LogP contribution >= 0.6 is 0 Å². The molecule has 1 N–H and O–H groups in total. The number of amides is 1. The molecule has 0 aliphatic carbocycles. The normalized spacial score (nSPS) is 11.9. The van der Waals surface area contributed by atoms with Crippen LogP contribution in [0.2, 0.25) is 0 Å². The summed E-state index contributed by atoms with van der Waals surface area (Å²) in [6.45, 7) is 1.69. The maximum absolute atomic E-state index is 12.1.